The molecule has 0 saturated heterocycles. The number of nitrogens with one attached hydrogen (secondary N) is 2. The van der Waals surface area contributed by atoms with Gasteiger partial charge in [0.05, 0.1) is 15.1 Å². The SMILES string of the molecule is Cc1cc(NC(=O)NC(=O)c2c(F)cccc2F)c(C)c(Cl)c1Oc1ccc(Cl)c(Cl)c1C. The molecule has 3 aromatic rings. The van der Waals surface area contributed by atoms with E-state index in [1.54, 1.807) is 39.0 Å². The molecule has 0 bridgehead atoms. The minimum Gasteiger partial charge on any atom is -0.455 e. The average Bonchev–Trinajstić information content (AvgIpc) is 2.74. The van der Waals surface area contributed by atoms with Gasteiger partial charge < -0.3 is 10.1 Å². The first-order chi connectivity index (χ1) is 15.5. The molecule has 33 heavy (non-hydrogen) atoms. The Kier molecular flexibility index (Phi) is 7.47. The molecule has 0 spiro atoms. The number of hydrogen-bond donors (Lipinski definition) is 2. The predicted octanol–water partition coefficient (Wildman–Crippen LogP) is 7.60. The topological polar surface area (TPSA) is 67.4 Å². The van der Waals surface area contributed by atoms with Crippen molar-refractivity contribution in [3.05, 3.63) is 85.4 Å². The normalized spacial score (nSPS) is 10.7. The van der Waals surface area contributed by atoms with Gasteiger partial charge in [-0.05, 0) is 62.2 Å². The lowest BCUT2D eigenvalue weighted by atomic mass is 10.1. The molecule has 0 aliphatic carbocycles. The van der Waals surface area contributed by atoms with Gasteiger partial charge in [0.25, 0.3) is 5.91 Å². The lowest BCUT2D eigenvalue weighted by Crippen LogP contribution is -2.35. The van der Waals surface area contributed by atoms with Gasteiger partial charge in [-0.15, -0.1) is 0 Å². The van der Waals surface area contributed by atoms with Gasteiger partial charge in [0.1, 0.15) is 28.7 Å². The van der Waals surface area contributed by atoms with Crippen molar-refractivity contribution in [3.63, 3.8) is 0 Å². The predicted molar refractivity (Wildman–Crippen MR) is 125 cm³/mol. The number of urea groups is 1. The highest BCUT2D eigenvalue weighted by Crippen LogP contribution is 2.41. The summed E-state index contributed by atoms with van der Waals surface area (Å²) in [4.78, 5) is 24.4. The van der Waals surface area contributed by atoms with Gasteiger partial charge in [0.2, 0.25) is 0 Å². The molecule has 0 radical (unpaired) electrons. The van der Waals surface area contributed by atoms with Crippen LogP contribution in [-0.4, -0.2) is 11.9 Å². The first-order valence-electron chi connectivity index (χ1n) is 9.49. The molecule has 0 fully saturated rings. The number of carbonyl (C=O) groups is 2. The Morgan fingerprint density at radius 3 is 2.18 bits per heavy atom. The average molecular weight is 514 g/mol. The Bertz CT molecular complexity index is 1260. The Morgan fingerprint density at radius 2 is 1.55 bits per heavy atom. The first-order valence-corrected chi connectivity index (χ1v) is 10.6. The molecular formula is C23H17Cl3F2N2O3. The number of halogens is 5. The number of amides is 3. The van der Waals surface area contributed by atoms with Crippen LogP contribution >= 0.6 is 34.8 Å². The Hall–Kier alpha value is -2.87. The standard InChI is InChI=1S/C23H17Cl3F2N2O3/c1-10-9-16(29-23(32)30-22(31)18-14(27)5-4-6-15(18)28)11(2)20(26)21(10)33-17-8-7-13(24)19(25)12(17)3/h4-9H,1-3H3,(H2,29,30,31,32). The maximum absolute atomic E-state index is 13.8. The maximum atomic E-state index is 13.8. The molecule has 0 aliphatic heterocycles. The number of rotatable bonds is 4. The second-order valence-electron chi connectivity index (χ2n) is 7.10. The van der Waals surface area contributed by atoms with Crippen molar-refractivity contribution in [1.29, 1.82) is 0 Å². The van der Waals surface area contributed by atoms with Gasteiger partial charge in [0.15, 0.2) is 0 Å². The van der Waals surface area contributed by atoms with E-state index in [0.29, 0.717) is 38.2 Å². The smallest absolute Gasteiger partial charge is 0.326 e. The summed E-state index contributed by atoms with van der Waals surface area (Å²) in [5.41, 5.74) is 1.04. The molecule has 3 rings (SSSR count). The third-order valence-electron chi connectivity index (χ3n) is 4.82. The monoisotopic (exact) mass is 512 g/mol. The first kappa shape index (κ1) is 24.8. The van der Waals surface area contributed by atoms with E-state index in [4.69, 9.17) is 39.5 Å². The molecule has 2 N–H and O–H groups in total. The van der Waals surface area contributed by atoms with Crippen LogP contribution in [0, 0.1) is 32.4 Å². The summed E-state index contributed by atoms with van der Waals surface area (Å²) in [6.45, 7) is 5.08. The molecule has 0 aromatic heterocycles. The van der Waals surface area contributed by atoms with Gasteiger partial charge >= 0.3 is 6.03 Å². The van der Waals surface area contributed by atoms with Crippen molar-refractivity contribution in [2.45, 2.75) is 20.8 Å². The second-order valence-corrected chi connectivity index (χ2v) is 8.26. The quantitative estimate of drug-likeness (QED) is 0.377. The highest BCUT2D eigenvalue weighted by Gasteiger charge is 2.21. The molecule has 172 valence electrons. The van der Waals surface area contributed by atoms with Crippen LogP contribution in [0.15, 0.2) is 36.4 Å². The number of aryl methyl sites for hydroxylation is 1. The molecule has 10 heteroatoms. The third kappa shape index (κ3) is 5.21. The maximum Gasteiger partial charge on any atom is 0.326 e. The molecule has 0 unspecified atom stereocenters. The number of imide groups is 1. The lowest BCUT2D eigenvalue weighted by molar-refractivity contribution is 0.0959. The van der Waals surface area contributed by atoms with Gasteiger partial charge in [-0.1, -0.05) is 40.9 Å². The Morgan fingerprint density at radius 1 is 0.909 bits per heavy atom. The summed E-state index contributed by atoms with van der Waals surface area (Å²) in [5.74, 6) is -2.61. The summed E-state index contributed by atoms with van der Waals surface area (Å²) in [6, 6.07) is 6.78. The van der Waals surface area contributed by atoms with E-state index in [0.717, 1.165) is 18.2 Å². The van der Waals surface area contributed by atoms with E-state index in [2.05, 4.69) is 5.32 Å². The number of anilines is 1. The minimum atomic E-state index is -1.22. The van der Waals surface area contributed by atoms with Gasteiger partial charge in [0, 0.05) is 11.3 Å². The van der Waals surface area contributed by atoms with E-state index in [1.807, 2.05) is 5.32 Å². The van der Waals surface area contributed by atoms with Crippen molar-refractivity contribution in [2.24, 2.45) is 0 Å². The van der Waals surface area contributed by atoms with E-state index >= 15 is 0 Å². The highest BCUT2D eigenvalue weighted by atomic mass is 35.5. The molecule has 0 aliphatic rings. The largest absolute Gasteiger partial charge is 0.455 e. The van der Waals surface area contributed by atoms with Crippen molar-refractivity contribution >= 4 is 52.4 Å². The molecule has 0 heterocycles. The number of carbonyl (C=O) groups excluding carboxylic acids is 2. The van der Waals surface area contributed by atoms with Crippen LogP contribution in [0.1, 0.15) is 27.0 Å². The second kappa shape index (κ2) is 9.95. The summed E-state index contributed by atoms with van der Waals surface area (Å²) in [6.07, 6.45) is 0. The van der Waals surface area contributed by atoms with E-state index in [1.165, 1.54) is 0 Å². The zero-order chi connectivity index (χ0) is 24.4. The molecule has 5 nitrogen and oxygen atoms in total. The number of benzene rings is 3. The van der Waals surface area contributed by atoms with Crippen LogP contribution in [0.25, 0.3) is 0 Å². The molecule has 3 aromatic carbocycles. The zero-order valence-corrected chi connectivity index (χ0v) is 19.8. The highest BCUT2D eigenvalue weighted by molar-refractivity contribution is 6.42. The summed E-state index contributed by atoms with van der Waals surface area (Å²) in [7, 11) is 0. The van der Waals surface area contributed by atoms with Gasteiger partial charge in [-0.3, -0.25) is 10.1 Å². The fraction of sp³-hybridized carbons (Fsp3) is 0.130. The lowest BCUT2D eigenvalue weighted by Gasteiger charge is -2.18. The van der Waals surface area contributed by atoms with Gasteiger partial charge in [-0.2, -0.15) is 0 Å². The number of hydrogen-bond acceptors (Lipinski definition) is 3. The Balaban J connectivity index is 1.82. The fourth-order valence-corrected chi connectivity index (χ4v) is 3.65. The van der Waals surface area contributed by atoms with Crippen LogP contribution in [0.3, 0.4) is 0 Å². The van der Waals surface area contributed by atoms with Crippen LogP contribution in [0.4, 0.5) is 19.3 Å². The summed E-state index contributed by atoms with van der Waals surface area (Å²) in [5, 5.41) is 5.30. The van der Waals surface area contributed by atoms with E-state index in [9.17, 15) is 18.4 Å². The van der Waals surface area contributed by atoms with Crippen molar-refractivity contribution in [1.82, 2.24) is 5.32 Å². The molecular weight excluding hydrogens is 497 g/mol. The molecule has 0 saturated carbocycles. The molecule has 3 amide bonds. The van der Waals surface area contributed by atoms with Gasteiger partial charge in [-0.25, -0.2) is 13.6 Å². The van der Waals surface area contributed by atoms with Crippen LogP contribution in [0.2, 0.25) is 15.1 Å². The summed E-state index contributed by atoms with van der Waals surface area (Å²) < 4.78 is 33.5. The molecule has 0 atom stereocenters. The summed E-state index contributed by atoms with van der Waals surface area (Å²) >= 11 is 18.7. The van der Waals surface area contributed by atoms with Crippen molar-refractivity contribution < 1.29 is 23.1 Å². The van der Waals surface area contributed by atoms with Crippen molar-refractivity contribution in [3.8, 4) is 11.5 Å². The van der Waals surface area contributed by atoms with E-state index in [-0.39, 0.29) is 10.7 Å². The van der Waals surface area contributed by atoms with E-state index < -0.39 is 29.1 Å². The van der Waals surface area contributed by atoms with Crippen molar-refractivity contribution in [2.75, 3.05) is 5.32 Å². The third-order valence-corrected chi connectivity index (χ3v) is 6.17. The fourth-order valence-electron chi connectivity index (χ4n) is 3.00. The number of ether oxygens (including phenoxy) is 1. The van der Waals surface area contributed by atoms with Crippen LogP contribution in [-0.2, 0) is 0 Å². The van der Waals surface area contributed by atoms with Crippen LogP contribution < -0.4 is 15.4 Å². The minimum absolute atomic E-state index is 0.210. The zero-order valence-electron chi connectivity index (χ0n) is 17.6. The Labute approximate surface area is 203 Å². The van der Waals surface area contributed by atoms with Crippen LogP contribution in [0.5, 0.6) is 11.5 Å².